The molecule has 0 saturated heterocycles. The second kappa shape index (κ2) is 7.57. The Morgan fingerprint density at radius 3 is 2.82 bits per heavy atom. The number of carbonyl (C=O) groups excluding carboxylic acids is 1. The van der Waals surface area contributed by atoms with Crippen molar-refractivity contribution in [2.45, 2.75) is 32.1 Å². The minimum atomic E-state index is -2.86. The SMILES string of the molecule is Cc1cc(F)c(NC(=O)C2CCC(F)(F)C2)cc1-n1cc(-c2cnc3c(N)ncnn23)cn1. The number of nitrogens with two attached hydrogens (primary N) is 1. The van der Waals surface area contributed by atoms with Crippen molar-refractivity contribution >= 4 is 23.1 Å². The number of hydrogen-bond acceptors (Lipinski definition) is 6. The van der Waals surface area contributed by atoms with Gasteiger partial charge in [0.25, 0.3) is 0 Å². The molecule has 0 aliphatic heterocycles. The topological polar surface area (TPSA) is 116 Å². The molecule has 4 aromatic rings. The largest absolute Gasteiger partial charge is 0.381 e. The van der Waals surface area contributed by atoms with E-state index < -0.39 is 30.0 Å². The molecule has 3 N–H and O–H groups in total. The Balaban J connectivity index is 1.45. The number of fused-ring (bicyclic) bond motifs is 1. The molecule has 1 saturated carbocycles. The molecule has 1 amide bonds. The number of alkyl halides is 2. The Kier molecular flexibility index (Phi) is 4.80. The first-order valence-corrected chi connectivity index (χ1v) is 10.2. The van der Waals surface area contributed by atoms with Crippen LogP contribution in [-0.2, 0) is 4.79 Å². The predicted molar refractivity (Wildman–Crippen MR) is 113 cm³/mol. The lowest BCUT2D eigenvalue weighted by atomic mass is 10.1. The highest BCUT2D eigenvalue weighted by Crippen LogP contribution is 2.39. The number of nitrogens with one attached hydrogen (secondary N) is 1. The molecule has 1 fully saturated rings. The Bertz CT molecular complexity index is 1380. The summed E-state index contributed by atoms with van der Waals surface area (Å²) in [7, 11) is 0. The molecule has 1 atom stereocenters. The van der Waals surface area contributed by atoms with Gasteiger partial charge >= 0.3 is 0 Å². The summed E-state index contributed by atoms with van der Waals surface area (Å²) in [5.74, 6) is -4.76. The van der Waals surface area contributed by atoms with Crippen molar-refractivity contribution in [2.75, 3.05) is 11.1 Å². The second-order valence-electron chi connectivity index (χ2n) is 8.10. The fourth-order valence-corrected chi connectivity index (χ4v) is 4.03. The van der Waals surface area contributed by atoms with Crippen LogP contribution in [-0.4, -0.2) is 41.2 Å². The van der Waals surface area contributed by atoms with Crippen LogP contribution in [0.25, 0.3) is 22.6 Å². The monoisotopic (exact) mass is 456 g/mol. The zero-order chi connectivity index (χ0) is 23.3. The molecule has 0 radical (unpaired) electrons. The highest BCUT2D eigenvalue weighted by Gasteiger charge is 2.42. The van der Waals surface area contributed by atoms with Gasteiger partial charge in [0, 0.05) is 30.5 Å². The van der Waals surface area contributed by atoms with Gasteiger partial charge in [0.05, 0.1) is 29.5 Å². The molecule has 170 valence electrons. The van der Waals surface area contributed by atoms with E-state index in [0.717, 1.165) is 0 Å². The molecular weight excluding hydrogens is 437 g/mol. The van der Waals surface area contributed by atoms with Gasteiger partial charge in [-0.2, -0.15) is 10.2 Å². The van der Waals surface area contributed by atoms with Gasteiger partial charge in [-0.15, -0.1) is 0 Å². The lowest BCUT2D eigenvalue weighted by Crippen LogP contribution is -2.23. The van der Waals surface area contributed by atoms with Crippen LogP contribution in [0.5, 0.6) is 0 Å². The molecule has 1 aromatic carbocycles. The number of benzene rings is 1. The van der Waals surface area contributed by atoms with Crippen LogP contribution < -0.4 is 11.1 Å². The van der Waals surface area contributed by atoms with E-state index in [1.54, 1.807) is 25.5 Å². The Hall–Kier alpha value is -3.96. The number of aryl methyl sites for hydroxylation is 1. The maximum absolute atomic E-state index is 14.6. The van der Waals surface area contributed by atoms with E-state index in [0.29, 0.717) is 28.2 Å². The van der Waals surface area contributed by atoms with Crippen molar-refractivity contribution in [3.8, 4) is 16.9 Å². The smallest absolute Gasteiger partial charge is 0.248 e. The lowest BCUT2D eigenvalue weighted by Gasteiger charge is -2.14. The maximum Gasteiger partial charge on any atom is 0.248 e. The molecule has 1 aliphatic carbocycles. The van der Waals surface area contributed by atoms with Crippen molar-refractivity contribution in [3.63, 3.8) is 0 Å². The fourth-order valence-electron chi connectivity index (χ4n) is 4.03. The van der Waals surface area contributed by atoms with E-state index in [1.165, 1.54) is 27.7 Å². The van der Waals surface area contributed by atoms with E-state index in [1.807, 2.05) is 0 Å². The summed E-state index contributed by atoms with van der Waals surface area (Å²) < 4.78 is 44.5. The van der Waals surface area contributed by atoms with Crippen LogP contribution in [0.2, 0.25) is 0 Å². The van der Waals surface area contributed by atoms with E-state index in [2.05, 4.69) is 25.5 Å². The molecule has 9 nitrogen and oxygen atoms in total. The predicted octanol–water partition coefficient (Wildman–Crippen LogP) is 3.38. The molecular formula is C21H19F3N8O. The Morgan fingerprint density at radius 2 is 2.06 bits per heavy atom. The molecule has 1 aliphatic rings. The molecule has 0 bridgehead atoms. The molecule has 3 heterocycles. The average Bonchev–Trinajstić information content (AvgIpc) is 3.48. The third-order valence-corrected chi connectivity index (χ3v) is 5.77. The number of imidazole rings is 1. The first-order chi connectivity index (χ1) is 15.7. The summed E-state index contributed by atoms with van der Waals surface area (Å²) in [6, 6.07) is 2.69. The number of nitrogens with zero attached hydrogens (tertiary/aromatic N) is 6. The highest BCUT2D eigenvalue weighted by atomic mass is 19.3. The van der Waals surface area contributed by atoms with E-state index >= 15 is 0 Å². The molecule has 12 heteroatoms. The molecule has 3 aromatic heterocycles. The van der Waals surface area contributed by atoms with E-state index in [9.17, 15) is 18.0 Å². The first-order valence-electron chi connectivity index (χ1n) is 10.2. The summed E-state index contributed by atoms with van der Waals surface area (Å²) in [5, 5.41) is 11.0. The van der Waals surface area contributed by atoms with Crippen LogP contribution in [0.15, 0.2) is 37.1 Å². The number of nitrogen functional groups attached to an aromatic ring is 1. The van der Waals surface area contributed by atoms with Gasteiger partial charge < -0.3 is 11.1 Å². The zero-order valence-electron chi connectivity index (χ0n) is 17.5. The van der Waals surface area contributed by atoms with Crippen molar-refractivity contribution in [3.05, 3.63) is 48.4 Å². The summed E-state index contributed by atoms with van der Waals surface area (Å²) in [5.41, 5.74) is 8.51. The van der Waals surface area contributed by atoms with Crippen molar-refractivity contribution in [1.82, 2.24) is 29.4 Å². The number of amides is 1. The molecule has 0 spiro atoms. The average molecular weight is 456 g/mol. The number of aromatic nitrogens is 6. The zero-order valence-corrected chi connectivity index (χ0v) is 17.5. The number of halogens is 3. The summed E-state index contributed by atoms with van der Waals surface area (Å²) in [6.45, 7) is 1.70. The van der Waals surface area contributed by atoms with Crippen LogP contribution in [0, 0.1) is 18.7 Å². The minimum absolute atomic E-state index is 0.0645. The van der Waals surface area contributed by atoms with Crippen LogP contribution in [0.4, 0.5) is 24.7 Å². The Morgan fingerprint density at radius 1 is 1.24 bits per heavy atom. The number of hydrogen-bond donors (Lipinski definition) is 2. The van der Waals surface area contributed by atoms with Crippen LogP contribution >= 0.6 is 0 Å². The van der Waals surface area contributed by atoms with Gasteiger partial charge in [-0.3, -0.25) is 4.79 Å². The maximum atomic E-state index is 14.6. The highest BCUT2D eigenvalue weighted by molar-refractivity contribution is 5.93. The van der Waals surface area contributed by atoms with Gasteiger partial charge in [0.1, 0.15) is 12.1 Å². The van der Waals surface area contributed by atoms with Gasteiger partial charge in [-0.1, -0.05) is 0 Å². The molecule has 33 heavy (non-hydrogen) atoms. The third kappa shape index (κ3) is 3.77. The van der Waals surface area contributed by atoms with Gasteiger partial charge in [0.2, 0.25) is 11.8 Å². The van der Waals surface area contributed by atoms with Gasteiger partial charge in [-0.25, -0.2) is 32.3 Å². The normalized spacial score (nSPS) is 17.5. The minimum Gasteiger partial charge on any atom is -0.381 e. The summed E-state index contributed by atoms with van der Waals surface area (Å²) >= 11 is 0. The molecule has 5 rings (SSSR count). The number of carbonyl (C=O) groups is 1. The first kappa shape index (κ1) is 20.9. The van der Waals surface area contributed by atoms with Crippen molar-refractivity contribution in [2.24, 2.45) is 5.92 Å². The fraction of sp³-hybridized carbons (Fsp3) is 0.286. The lowest BCUT2D eigenvalue weighted by molar-refractivity contribution is -0.120. The quantitative estimate of drug-likeness (QED) is 0.486. The van der Waals surface area contributed by atoms with E-state index in [-0.39, 0.29) is 24.3 Å². The third-order valence-electron chi connectivity index (χ3n) is 5.77. The number of anilines is 2. The van der Waals surface area contributed by atoms with Gasteiger partial charge in [-0.05, 0) is 31.0 Å². The van der Waals surface area contributed by atoms with Crippen LogP contribution in [0.3, 0.4) is 0 Å². The van der Waals surface area contributed by atoms with Crippen molar-refractivity contribution < 1.29 is 18.0 Å². The Labute approximate surface area is 185 Å². The van der Waals surface area contributed by atoms with Crippen LogP contribution in [0.1, 0.15) is 24.8 Å². The number of rotatable bonds is 4. The van der Waals surface area contributed by atoms with Crippen molar-refractivity contribution in [1.29, 1.82) is 0 Å². The standard InChI is InChI=1S/C21H19F3N8O/c1-11-4-14(22)15(30-20(33)12-2-3-21(23,24)6-12)5-16(11)31-9-13(7-28-31)17-8-26-19-18(25)27-10-29-32(17)19/h4-5,7-10,12H,2-3,6H2,1H3,(H,30,33)(H2,25,27,29). The van der Waals surface area contributed by atoms with Gasteiger partial charge in [0.15, 0.2) is 11.5 Å². The second-order valence-corrected chi connectivity index (χ2v) is 8.10. The summed E-state index contributed by atoms with van der Waals surface area (Å²) in [4.78, 5) is 20.6. The molecule has 1 unspecified atom stereocenters. The summed E-state index contributed by atoms with van der Waals surface area (Å²) in [6.07, 6.45) is 5.38. The van der Waals surface area contributed by atoms with E-state index in [4.69, 9.17) is 5.73 Å².